The third kappa shape index (κ3) is 7.70. The molecule has 0 spiro atoms. The Morgan fingerprint density at radius 1 is 1.25 bits per heavy atom. The van der Waals surface area contributed by atoms with Gasteiger partial charge in [0.15, 0.2) is 5.96 Å². The zero-order chi connectivity index (χ0) is 20.6. The highest BCUT2D eigenvalue weighted by Crippen LogP contribution is 2.21. The number of nitrogens with two attached hydrogens (primary N) is 1. The van der Waals surface area contributed by atoms with E-state index in [0.29, 0.717) is 12.5 Å². The second-order valence-corrected chi connectivity index (χ2v) is 9.35. The minimum atomic E-state index is 0.0396. The molecule has 5 heteroatoms. The predicted molar refractivity (Wildman–Crippen MR) is 119 cm³/mol. The third-order valence-corrected chi connectivity index (χ3v) is 5.40. The van der Waals surface area contributed by atoms with Crippen LogP contribution in [0.15, 0.2) is 29.3 Å². The first kappa shape index (κ1) is 22.5. The lowest BCUT2D eigenvalue weighted by Crippen LogP contribution is -2.48. The highest BCUT2D eigenvalue weighted by Gasteiger charge is 2.22. The van der Waals surface area contributed by atoms with Gasteiger partial charge in [0.25, 0.3) is 0 Å². The van der Waals surface area contributed by atoms with Crippen molar-refractivity contribution in [1.29, 1.82) is 0 Å². The van der Waals surface area contributed by atoms with Crippen molar-refractivity contribution in [1.82, 2.24) is 10.2 Å². The summed E-state index contributed by atoms with van der Waals surface area (Å²) in [7, 11) is 0. The minimum absolute atomic E-state index is 0.0396. The summed E-state index contributed by atoms with van der Waals surface area (Å²) < 4.78 is 5.82. The van der Waals surface area contributed by atoms with Crippen molar-refractivity contribution in [2.45, 2.75) is 53.9 Å². The number of aliphatic imine (C=N–C) groups is 1. The Kier molecular flexibility index (Phi) is 8.61. The van der Waals surface area contributed by atoms with E-state index in [4.69, 9.17) is 15.5 Å². The molecule has 1 aromatic rings. The van der Waals surface area contributed by atoms with E-state index in [1.54, 1.807) is 0 Å². The van der Waals surface area contributed by atoms with Crippen LogP contribution < -0.4 is 15.8 Å². The number of piperidine rings is 1. The lowest BCUT2D eigenvalue weighted by Gasteiger charge is -2.34. The summed E-state index contributed by atoms with van der Waals surface area (Å²) in [4.78, 5) is 7.30. The molecular weight excluding hydrogens is 348 g/mol. The summed E-state index contributed by atoms with van der Waals surface area (Å²) >= 11 is 0. The average Bonchev–Trinajstić information content (AvgIpc) is 2.67. The van der Waals surface area contributed by atoms with Gasteiger partial charge in [-0.15, -0.1) is 0 Å². The maximum Gasteiger partial charge on any atom is 0.199 e. The number of benzene rings is 1. The number of rotatable bonds is 8. The molecule has 1 fully saturated rings. The number of nitrogens with zero attached hydrogens (tertiary/aromatic N) is 2. The van der Waals surface area contributed by atoms with Crippen LogP contribution in [0.5, 0.6) is 5.75 Å². The normalized spacial score (nSPS) is 16.5. The summed E-state index contributed by atoms with van der Waals surface area (Å²) in [5.74, 6) is 3.31. The number of guanidine groups is 1. The Morgan fingerprint density at radius 2 is 1.89 bits per heavy atom. The molecule has 1 heterocycles. The van der Waals surface area contributed by atoms with E-state index < -0.39 is 0 Å². The first-order valence-corrected chi connectivity index (χ1v) is 10.8. The summed E-state index contributed by atoms with van der Waals surface area (Å²) in [6.07, 6.45) is 3.49. The van der Waals surface area contributed by atoms with Gasteiger partial charge >= 0.3 is 0 Å². The Hall–Kier alpha value is -1.75. The van der Waals surface area contributed by atoms with Crippen LogP contribution in [-0.4, -0.2) is 43.6 Å². The summed E-state index contributed by atoms with van der Waals surface area (Å²) in [6, 6.07) is 8.10. The number of nitrogens with one attached hydrogen (secondary N) is 1. The molecule has 2 rings (SSSR count). The van der Waals surface area contributed by atoms with E-state index in [1.165, 1.54) is 12.8 Å². The second-order valence-electron chi connectivity index (χ2n) is 9.35. The molecule has 3 N–H and O–H groups in total. The Balaban J connectivity index is 2.06. The van der Waals surface area contributed by atoms with Crippen LogP contribution in [0.3, 0.4) is 0 Å². The van der Waals surface area contributed by atoms with E-state index >= 15 is 0 Å². The van der Waals surface area contributed by atoms with Crippen molar-refractivity contribution in [3.8, 4) is 5.75 Å². The van der Waals surface area contributed by atoms with Crippen molar-refractivity contribution < 1.29 is 4.74 Å². The Labute approximate surface area is 171 Å². The molecule has 1 aromatic carbocycles. The monoisotopic (exact) mass is 388 g/mol. The van der Waals surface area contributed by atoms with Crippen LogP contribution in [0.1, 0.15) is 53.9 Å². The Morgan fingerprint density at radius 3 is 2.46 bits per heavy atom. The molecule has 1 saturated heterocycles. The quantitative estimate of drug-likeness (QED) is 0.512. The first-order chi connectivity index (χ1) is 13.3. The summed E-state index contributed by atoms with van der Waals surface area (Å²) in [5.41, 5.74) is 6.90. The fourth-order valence-electron chi connectivity index (χ4n) is 2.98. The summed E-state index contributed by atoms with van der Waals surface area (Å²) in [5, 5.41) is 3.57. The number of hydrogen-bond acceptors (Lipinski definition) is 3. The predicted octanol–water partition coefficient (Wildman–Crippen LogP) is 4.41. The van der Waals surface area contributed by atoms with E-state index in [1.807, 2.05) is 24.3 Å². The number of likely N-dealkylation sites (tertiary alicyclic amines) is 1. The van der Waals surface area contributed by atoms with Crippen LogP contribution in [-0.2, 0) is 0 Å². The fraction of sp³-hybridized carbons (Fsp3) is 0.696. The smallest absolute Gasteiger partial charge is 0.199 e. The SMILES string of the molecule is CC(C)CCOc1ccc(/N=C(/NCC(C)(C)CN)N2CCC(C)CC2)cc1. The van der Waals surface area contributed by atoms with Gasteiger partial charge in [-0.1, -0.05) is 34.6 Å². The molecule has 0 atom stereocenters. The molecule has 0 saturated carbocycles. The van der Waals surface area contributed by atoms with E-state index in [0.717, 1.165) is 56.0 Å². The zero-order valence-electron chi connectivity index (χ0n) is 18.5. The molecule has 0 amide bonds. The van der Waals surface area contributed by atoms with Crippen LogP contribution in [0, 0.1) is 17.3 Å². The first-order valence-electron chi connectivity index (χ1n) is 10.8. The van der Waals surface area contributed by atoms with E-state index in [2.05, 4.69) is 44.8 Å². The zero-order valence-corrected chi connectivity index (χ0v) is 18.5. The molecule has 5 nitrogen and oxygen atoms in total. The molecule has 0 bridgehead atoms. The molecule has 28 heavy (non-hydrogen) atoms. The van der Waals surface area contributed by atoms with Crippen molar-refractivity contribution in [3.63, 3.8) is 0 Å². The minimum Gasteiger partial charge on any atom is -0.494 e. The van der Waals surface area contributed by atoms with Gasteiger partial charge in [-0.05, 0) is 67.3 Å². The molecule has 0 radical (unpaired) electrons. The summed E-state index contributed by atoms with van der Waals surface area (Å²) in [6.45, 7) is 15.4. The van der Waals surface area contributed by atoms with Crippen LogP contribution in [0.4, 0.5) is 5.69 Å². The van der Waals surface area contributed by atoms with Crippen molar-refractivity contribution >= 4 is 11.6 Å². The highest BCUT2D eigenvalue weighted by atomic mass is 16.5. The molecular formula is C23H40N4O. The standard InChI is InChI=1S/C23H40N4O/c1-18(2)12-15-28-21-8-6-20(7-9-21)26-22(25-17-23(4,5)16-24)27-13-10-19(3)11-14-27/h6-9,18-19H,10-17,24H2,1-5H3,(H,25,26). The van der Waals surface area contributed by atoms with Gasteiger partial charge in [0.2, 0.25) is 0 Å². The molecule has 158 valence electrons. The van der Waals surface area contributed by atoms with Crippen molar-refractivity contribution in [2.24, 2.45) is 28.0 Å². The van der Waals surface area contributed by atoms with E-state index in [-0.39, 0.29) is 5.41 Å². The van der Waals surface area contributed by atoms with Crippen LogP contribution in [0.2, 0.25) is 0 Å². The van der Waals surface area contributed by atoms with Gasteiger partial charge in [-0.25, -0.2) is 4.99 Å². The van der Waals surface area contributed by atoms with Gasteiger partial charge in [-0.3, -0.25) is 0 Å². The van der Waals surface area contributed by atoms with Crippen molar-refractivity contribution in [3.05, 3.63) is 24.3 Å². The van der Waals surface area contributed by atoms with Crippen molar-refractivity contribution in [2.75, 3.05) is 32.8 Å². The van der Waals surface area contributed by atoms with Gasteiger partial charge < -0.3 is 20.7 Å². The Bertz CT molecular complexity index is 602. The highest BCUT2D eigenvalue weighted by molar-refractivity contribution is 5.83. The second kappa shape index (κ2) is 10.7. The number of ether oxygens (including phenoxy) is 1. The maximum atomic E-state index is 5.91. The third-order valence-electron chi connectivity index (χ3n) is 5.40. The lowest BCUT2D eigenvalue weighted by molar-refractivity contribution is 0.269. The fourth-order valence-corrected chi connectivity index (χ4v) is 2.98. The van der Waals surface area contributed by atoms with Gasteiger partial charge in [0.05, 0.1) is 12.3 Å². The van der Waals surface area contributed by atoms with E-state index in [9.17, 15) is 0 Å². The molecule has 0 aromatic heterocycles. The van der Waals surface area contributed by atoms with Crippen LogP contribution >= 0.6 is 0 Å². The topological polar surface area (TPSA) is 62.9 Å². The van der Waals surface area contributed by atoms with Gasteiger partial charge in [0, 0.05) is 19.6 Å². The van der Waals surface area contributed by atoms with Crippen LogP contribution in [0.25, 0.3) is 0 Å². The number of hydrogen-bond donors (Lipinski definition) is 2. The largest absolute Gasteiger partial charge is 0.494 e. The molecule has 1 aliphatic rings. The molecule has 0 aliphatic carbocycles. The van der Waals surface area contributed by atoms with Gasteiger partial charge in [-0.2, -0.15) is 0 Å². The molecule has 0 unspecified atom stereocenters. The molecule has 1 aliphatic heterocycles. The lowest BCUT2D eigenvalue weighted by atomic mass is 9.94. The maximum absolute atomic E-state index is 5.91. The average molecular weight is 389 g/mol. The van der Waals surface area contributed by atoms with Gasteiger partial charge in [0.1, 0.15) is 5.75 Å².